The molecule has 0 bridgehead atoms. The molecule has 0 aromatic heterocycles. The zero-order chi connectivity index (χ0) is 19.8. The number of fused-ring (bicyclic) bond motifs is 1. The van der Waals surface area contributed by atoms with E-state index >= 15 is 0 Å². The number of amides is 2. The number of carbonyl (C=O) groups excluding carboxylic acids is 2. The van der Waals surface area contributed by atoms with Crippen molar-refractivity contribution in [2.24, 2.45) is 11.8 Å². The highest BCUT2D eigenvalue weighted by molar-refractivity contribution is 6.05. The van der Waals surface area contributed by atoms with E-state index in [2.05, 4.69) is 19.2 Å². The lowest BCUT2D eigenvalue weighted by molar-refractivity contribution is -0.158. The third-order valence-electron chi connectivity index (χ3n) is 5.08. The standard InChI is InChI=1S/C19H24F3N3O2/c1-12-7-13(2)10-24(9-12)11-18(27)25-15-6-4-3-5-14(15)23-17(26)8-16(25)19(20,21)22/h3-6,12-13,16H,7-11H2,1-2H3,(H,23,26)/t12-,13+,16-/m0/s1. The van der Waals surface area contributed by atoms with Crippen LogP contribution in [-0.2, 0) is 9.59 Å². The highest BCUT2D eigenvalue weighted by Gasteiger charge is 2.49. The molecule has 0 unspecified atom stereocenters. The van der Waals surface area contributed by atoms with Gasteiger partial charge in [-0.25, -0.2) is 0 Å². The molecule has 0 radical (unpaired) electrons. The van der Waals surface area contributed by atoms with Gasteiger partial charge in [-0.1, -0.05) is 26.0 Å². The van der Waals surface area contributed by atoms with Crippen LogP contribution in [0.15, 0.2) is 24.3 Å². The number of carbonyl (C=O) groups is 2. The fourth-order valence-corrected chi connectivity index (χ4v) is 4.18. The lowest BCUT2D eigenvalue weighted by Crippen LogP contribution is -2.53. The van der Waals surface area contributed by atoms with E-state index in [1.54, 1.807) is 12.1 Å². The number of para-hydroxylation sites is 2. The van der Waals surface area contributed by atoms with Crippen molar-refractivity contribution in [3.63, 3.8) is 0 Å². The molecule has 2 heterocycles. The Bertz CT molecular complexity index is 712. The van der Waals surface area contributed by atoms with E-state index in [0.29, 0.717) is 24.9 Å². The number of hydrogen-bond acceptors (Lipinski definition) is 3. The molecule has 0 spiro atoms. The summed E-state index contributed by atoms with van der Waals surface area (Å²) in [6, 6.07) is 3.96. The molecule has 1 aromatic rings. The Balaban J connectivity index is 1.93. The zero-order valence-corrected chi connectivity index (χ0v) is 15.4. The number of benzene rings is 1. The first-order valence-electron chi connectivity index (χ1n) is 9.15. The lowest BCUT2D eigenvalue weighted by Gasteiger charge is -2.37. The van der Waals surface area contributed by atoms with Gasteiger partial charge in [-0.2, -0.15) is 13.2 Å². The normalized spacial score (nSPS) is 26.9. The molecule has 8 heteroatoms. The quantitative estimate of drug-likeness (QED) is 0.853. The monoisotopic (exact) mass is 383 g/mol. The molecule has 3 atom stereocenters. The Morgan fingerprint density at radius 3 is 2.44 bits per heavy atom. The molecular formula is C19H24F3N3O2. The number of alkyl halides is 3. The van der Waals surface area contributed by atoms with Gasteiger partial charge >= 0.3 is 6.18 Å². The smallest absolute Gasteiger partial charge is 0.324 e. The first-order valence-corrected chi connectivity index (χ1v) is 9.15. The van der Waals surface area contributed by atoms with Crippen LogP contribution < -0.4 is 10.2 Å². The second-order valence-electron chi connectivity index (χ2n) is 7.73. The summed E-state index contributed by atoms with van der Waals surface area (Å²) < 4.78 is 41.1. The molecular weight excluding hydrogens is 359 g/mol. The van der Waals surface area contributed by atoms with Gasteiger partial charge in [0.2, 0.25) is 11.8 Å². The fourth-order valence-electron chi connectivity index (χ4n) is 4.18. The Morgan fingerprint density at radius 2 is 1.81 bits per heavy atom. The van der Waals surface area contributed by atoms with Crippen LogP contribution in [0.3, 0.4) is 0 Å². The maximum absolute atomic E-state index is 13.7. The molecule has 2 amide bonds. The molecule has 0 saturated carbocycles. The predicted molar refractivity (Wildman–Crippen MR) is 96.4 cm³/mol. The van der Waals surface area contributed by atoms with Crippen molar-refractivity contribution < 1.29 is 22.8 Å². The van der Waals surface area contributed by atoms with Gasteiger partial charge in [-0.05, 0) is 30.4 Å². The largest absolute Gasteiger partial charge is 0.409 e. The van der Waals surface area contributed by atoms with E-state index in [4.69, 9.17) is 0 Å². The van der Waals surface area contributed by atoms with Crippen molar-refractivity contribution in [3.05, 3.63) is 24.3 Å². The number of piperidine rings is 1. The number of nitrogens with zero attached hydrogens (tertiary/aromatic N) is 2. The molecule has 2 aliphatic heterocycles. The van der Waals surface area contributed by atoms with Crippen molar-refractivity contribution in [2.75, 3.05) is 29.9 Å². The summed E-state index contributed by atoms with van der Waals surface area (Å²) >= 11 is 0. The Labute approximate surface area is 156 Å². The average molecular weight is 383 g/mol. The Hall–Kier alpha value is -2.09. The SMILES string of the molecule is C[C@@H]1C[C@H](C)CN(CC(=O)N2c3ccccc3NC(=O)C[C@H]2C(F)(F)F)C1. The van der Waals surface area contributed by atoms with Gasteiger partial charge in [0.25, 0.3) is 0 Å². The van der Waals surface area contributed by atoms with Gasteiger partial charge in [0.1, 0.15) is 6.04 Å². The van der Waals surface area contributed by atoms with Gasteiger partial charge in [0.15, 0.2) is 0 Å². The molecule has 1 fully saturated rings. The molecule has 1 aromatic carbocycles. The van der Waals surface area contributed by atoms with Gasteiger partial charge in [-0.15, -0.1) is 0 Å². The summed E-state index contributed by atoms with van der Waals surface area (Å²) in [6.45, 7) is 5.42. The summed E-state index contributed by atoms with van der Waals surface area (Å²) in [4.78, 5) is 27.7. The zero-order valence-electron chi connectivity index (χ0n) is 15.4. The van der Waals surface area contributed by atoms with Crippen LogP contribution in [0.1, 0.15) is 26.7 Å². The average Bonchev–Trinajstić information content (AvgIpc) is 2.69. The minimum Gasteiger partial charge on any atom is -0.324 e. The maximum Gasteiger partial charge on any atom is 0.409 e. The van der Waals surface area contributed by atoms with Crippen LogP contribution in [0.5, 0.6) is 0 Å². The first-order chi connectivity index (χ1) is 12.6. The molecule has 148 valence electrons. The number of halogens is 3. The molecule has 27 heavy (non-hydrogen) atoms. The number of rotatable bonds is 2. The van der Waals surface area contributed by atoms with Crippen molar-refractivity contribution in [1.82, 2.24) is 4.90 Å². The molecule has 1 N–H and O–H groups in total. The van der Waals surface area contributed by atoms with Crippen LogP contribution in [0.4, 0.5) is 24.5 Å². The fraction of sp³-hybridized carbons (Fsp3) is 0.579. The summed E-state index contributed by atoms with van der Waals surface area (Å²) in [5.74, 6) is -0.609. The molecule has 0 aliphatic carbocycles. The van der Waals surface area contributed by atoms with Gasteiger partial charge in [0, 0.05) is 13.1 Å². The third-order valence-corrected chi connectivity index (χ3v) is 5.08. The number of likely N-dealkylation sites (tertiary alicyclic amines) is 1. The van der Waals surface area contributed by atoms with Crippen LogP contribution in [0.2, 0.25) is 0 Å². The van der Waals surface area contributed by atoms with Crippen LogP contribution in [0.25, 0.3) is 0 Å². The molecule has 3 rings (SSSR count). The third kappa shape index (κ3) is 4.43. The minimum absolute atomic E-state index is 0.0915. The van der Waals surface area contributed by atoms with Crippen molar-refractivity contribution in [3.8, 4) is 0 Å². The highest BCUT2D eigenvalue weighted by Crippen LogP contribution is 2.37. The lowest BCUT2D eigenvalue weighted by atomic mass is 9.92. The minimum atomic E-state index is -4.70. The summed E-state index contributed by atoms with van der Waals surface area (Å²) in [5, 5.41) is 2.48. The second-order valence-corrected chi connectivity index (χ2v) is 7.73. The van der Waals surface area contributed by atoms with Gasteiger partial charge < -0.3 is 5.32 Å². The van der Waals surface area contributed by atoms with Crippen molar-refractivity contribution in [1.29, 1.82) is 0 Å². The van der Waals surface area contributed by atoms with E-state index in [1.807, 2.05) is 4.90 Å². The van der Waals surface area contributed by atoms with Crippen LogP contribution in [-0.4, -0.2) is 48.6 Å². The Morgan fingerprint density at radius 1 is 1.19 bits per heavy atom. The van der Waals surface area contributed by atoms with Crippen molar-refractivity contribution >= 4 is 23.2 Å². The summed E-state index contributed by atoms with van der Waals surface area (Å²) in [6.07, 6.45) is -4.47. The first kappa shape index (κ1) is 19.7. The van der Waals surface area contributed by atoms with Gasteiger partial charge in [-0.3, -0.25) is 19.4 Å². The van der Waals surface area contributed by atoms with E-state index in [-0.39, 0.29) is 17.9 Å². The van der Waals surface area contributed by atoms with Gasteiger partial charge in [0.05, 0.1) is 24.3 Å². The Kier molecular flexibility index (Phi) is 5.46. The van der Waals surface area contributed by atoms with Crippen LogP contribution in [0, 0.1) is 11.8 Å². The van der Waals surface area contributed by atoms with Crippen molar-refractivity contribution in [2.45, 2.75) is 38.9 Å². The molecule has 1 saturated heterocycles. The summed E-state index contributed by atoms with van der Waals surface area (Å²) in [7, 11) is 0. The number of anilines is 2. The van der Waals surface area contributed by atoms with E-state index < -0.39 is 30.5 Å². The molecule has 5 nitrogen and oxygen atoms in total. The van der Waals surface area contributed by atoms with Crippen LogP contribution >= 0.6 is 0 Å². The molecule has 2 aliphatic rings. The number of nitrogens with one attached hydrogen (secondary N) is 1. The van der Waals surface area contributed by atoms with E-state index in [9.17, 15) is 22.8 Å². The highest BCUT2D eigenvalue weighted by atomic mass is 19.4. The topological polar surface area (TPSA) is 52.7 Å². The predicted octanol–water partition coefficient (Wildman–Crippen LogP) is 3.27. The second kappa shape index (κ2) is 7.50. The summed E-state index contributed by atoms with van der Waals surface area (Å²) in [5.41, 5.74) is 0.316. The number of hydrogen-bond donors (Lipinski definition) is 1. The van der Waals surface area contributed by atoms with E-state index in [0.717, 1.165) is 11.3 Å². The van der Waals surface area contributed by atoms with E-state index in [1.165, 1.54) is 12.1 Å². The maximum atomic E-state index is 13.7.